The molecule has 2 amide bonds. The van der Waals surface area contributed by atoms with Gasteiger partial charge in [-0.15, -0.1) is 0 Å². The van der Waals surface area contributed by atoms with Crippen LogP contribution in [0.5, 0.6) is 5.75 Å². The third-order valence-electron chi connectivity index (χ3n) is 3.77. The molecule has 0 atom stereocenters. The topological polar surface area (TPSA) is 84.5 Å². The molecule has 0 saturated carbocycles. The SMILES string of the molecule is COc1cc2c(cc1NC(C)=O)-c1ccc(NC(C)=O)cc1C2=O. The van der Waals surface area contributed by atoms with E-state index in [0.717, 1.165) is 11.1 Å². The maximum absolute atomic E-state index is 12.7. The number of ketones is 1. The zero-order valence-corrected chi connectivity index (χ0v) is 13.5. The predicted molar refractivity (Wildman–Crippen MR) is 90.5 cm³/mol. The average Bonchev–Trinajstić information content (AvgIpc) is 2.77. The number of carbonyl (C=O) groups excluding carboxylic acids is 3. The van der Waals surface area contributed by atoms with Gasteiger partial charge in [0.1, 0.15) is 5.75 Å². The summed E-state index contributed by atoms with van der Waals surface area (Å²) in [6.45, 7) is 2.82. The number of hydrogen-bond donors (Lipinski definition) is 2. The van der Waals surface area contributed by atoms with Crippen LogP contribution < -0.4 is 15.4 Å². The summed E-state index contributed by atoms with van der Waals surface area (Å²) in [5.74, 6) is -0.140. The molecule has 6 nitrogen and oxygen atoms in total. The quantitative estimate of drug-likeness (QED) is 0.776. The Kier molecular flexibility index (Phi) is 3.81. The third kappa shape index (κ3) is 2.62. The standard InChI is InChI=1S/C18H16N2O4/c1-9(21)19-11-4-5-12-13-7-16(20-10(2)22)17(24-3)8-15(13)18(23)14(12)6-11/h4-8H,1-3H3,(H,19,21)(H,20,22). The number of ether oxygens (including phenoxy) is 1. The van der Waals surface area contributed by atoms with Crippen molar-refractivity contribution >= 4 is 29.0 Å². The largest absolute Gasteiger partial charge is 0.495 e. The minimum Gasteiger partial charge on any atom is -0.495 e. The average molecular weight is 324 g/mol. The molecule has 0 aromatic heterocycles. The van der Waals surface area contributed by atoms with Gasteiger partial charge in [-0.3, -0.25) is 14.4 Å². The van der Waals surface area contributed by atoms with Gasteiger partial charge in [-0.1, -0.05) is 6.07 Å². The van der Waals surface area contributed by atoms with Crippen LogP contribution in [0.2, 0.25) is 0 Å². The molecule has 0 spiro atoms. The molecule has 2 N–H and O–H groups in total. The lowest BCUT2D eigenvalue weighted by Crippen LogP contribution is -2.08. The first-order chi connectivity index (χ1) is 11.4. The molecule has 24 heavy (non-hydrogen) atoms. The van der Waals surface area contributed by atoms with E-state index >= 15 is 0 Å². The number of fused-ring (bicyclic) bond motifs is 3. The molecule has 6 heteroatoms. The molecule has 0 bridgehead atoms. The minimum absolute atomic E-state index is 0.139. The molecule has 0 unspecified atom stereocenters. The van der Waals surface area contributed by atoms with Crippen molar-refractivity contribution in [2.24, 2.45) is 0 Å². The number of hydrogen-bond acceptors (Lipinski definition) is 4. The number of anilines is 2. The Morgan fingerprint density at radius 2 is 1.54 bits per heavy atom. The van der Waals surface area contributed by atoms with Gasteiger partial charge >= 0.3 is 0 Å². The van der Waals surface area contributed by atoms with Crippen LogP contribution in [0.15, 0.2) is 30.3 Å². The van der Waals surface area contributed by atoms with Crippen molar-refractivity contribution in [1.29, 1.82) is 0 Å². The van der Waals surface area contributed by atoms with E-state index in [1.807, 2.05) is 0 Å². The van der Waals surface area contributed by atoms with E-state index in [0.29, 0.717) is 28.3 Å². The lowest BCUT2D eigenvalue weighted by molar-refractivity contribution is -0.115. The highest BCUT2D eigenvalue weighted by atomic mass is 16.5. The summed E-state index contributed by atoms with van der Waals surface area (Å²) in [5.41, 5.74) is 3.59. The summed E-state index contributed by atoms with van der Waals surface area (Å²) in [5, 5.41) is 5.37. The molecule has 122 valence electrons. The molecule has 1 aliphatic carbocycles. The van der Waals surface area contributed by atoms with E-state index in [1.165, 1.54) is 21.0 Å². The summed E-state index contributed by atoms with van der Waals surface area (Å²) in [6.07, 6.45) is 0. The number of nitrogens with one attached hydrogen (secondary N) is 2. The van der Waals surface area contributed by atoms with E-state index in [-0.39, 0.29) is 17.6 Å². The lowest BCUT2D eigenvalue weighted by atomic mass is 10.0. The molecule has 0 saturated heterocycles. The molecular formula is C18H16N2O4. The Balaban J connectivity index is 2.12. The fourth-order valence-corrected chi connectivity index (χ4v) is 2.84. The first-order valence-corrected chi connectivity index (χ1v) is 7.37. The Hall–Kier alpha value is -3.15. The first-order valence-electron chi connectivity index (χ1n) is 7.37. The van der Waals surface area contributed by atoms with Gasteiger partial charge < -0.3 is 15.4 Å². The van der Waals surface area contributed by atoms with Gasteiger partial charge in [0.15, 0.2) is 5.78 Å². The second-order valence-electron chi connectivity index (χ2n) is 5.55. The Morgan fingerprint density at radius 1 is 0.875 bits per heavy atom. The van der Waals surface area contributed by atoms with Crippen LogP contribution >= 0.6 is 0 Å². The fraction of sp³-hybridized carbons (Fsp3) is 0.167. The van der Waals surface area contributed by atoms with Gasteiger partial charge in [-0.05, 0) is 35.4 Å². The first kappa shape index (κ1) is 15.7. The molecule has 2 aromatic rings. The van der Waals surface area contributed by atoms with Gasteiger partial charge in [-0.2, -0.15) is 0 Å². The highest BCUT2D eigenvalue weighted by Crippen LogP contribution is 2.42. The second-order valence-corrected chi connectivity index (χ2v) is 5.55. The number of rotatable bonds is 3. The molecule has 0 radical (unpaired) electrons. The van der Waals surface area contributed by atoms with Crippen molar-refractivity contribution in [2.75, 3.05) is 17.7 Å². The normalized spacial score (nSPS) is 11.5. The van der Waals surface area contributed by atoms with E-state index in [2.05, 4.69) is 10.6 Å². The Morgan fingerprint density at radius 3 is 2.17 bits per heavy atom. The van der Waals surface area contributed by atoms with Crippen molar-refractivity contribution in [1.82, 2.24) is 0 Å². The zero-order valence-electron chi connectivity index (χ0n) is 13.5. The monoisotopic (exact) mass is 324 g/mol. The maximum Gasteiger partial charge on any atom is 0.221 e. The number of carbonyl (C=O) groups is 3. The molecule has 2 aromatic carbocycles. The van der Waals surface area contributed by atoms with Gasteiger partial charge in [0, 0.05) is 30.7 Å². The highest BCUT2D eigenvalue weighted by Gasteiger charge is 2.29. The van der Waals surface area contributed by atoms with Gasteiger partial charge in [0.2, 0.25) is 11.8 Å². The van der Waals surface area contributed by atoms with Crippen LogP contribution in [0.1, 0.15) is 29.8 Å². The van der Waals surface area contributed by atoms with Gasteiger partial charge in [0.25, 0.3) is 0 Å². The van der Waals surface area contributed by atoms with Crippen LogP contribution in [0, 0.1) is 0 Å². The van der Waals surface area contributed by atoms with Crippen LogP contribution in [0.25, 0.3) is 11.1 Å². The van der Waals surface area contributed by atoms with Crippen LogP contribution in [-0.2, 0) is 9.59 Å². The maximum atomic E-state index is 12.7. The van der Waals surface area contributed by atoms with E-state index in [4.69, 9.17) is 4.74 Å². The van der Waals surface area contributed by atoms with Crippen molar-refractivity contribution < 1.29 is 19.1 Å². The minimum atomic E-state index is -0.223. The summed E-state index contributed by atoms with van der Waals surface area (Å²) in [4.78, 5) is 35.2. The van der Waals surface area contributed by atoms with Gasteiger partial charge in [0.05, 0.1) is 12.8 Å². The Bertz CT molecular complexity index is 887. The van der Waals surface area contributed by atoms with Crippen molar-refractivity contribution in [2.45, 2.75) is 13.8 Å². The zero-order chi connectivity index (χ0) is 17.4. The lowest BCUT2D eigenvalue weighted by Gasteiger charge is -2.11. The molecule has 0 heterocycles. The molecular weight excluding hydrogens is 308 g/mol. The van der Waals surface area contributed by atoms with Crippen LogP contribution in [-0.4, -0.2) is 24.7 Å². The van der Waals surface area contributed by atoms with Crippen molar-refractivity contribution in [3.63, 3.8) is 0 Å². The predicted octanol–water partition coefficient (Wildman–Crippen LogP) is 2.82. The summed E-state index contributed by atoms with van der Waals surface area (Å²) in [6, 6.07) is 8.54. The van der Waals surface area contributed by atoms with E-state index < -0.39 is 0 Å². The second kappa shape index (κ2) is 5.81. The number of methoxy groups -OCH3 is 1. The van der Waals surface area contributed by atoms with E-state index in [1.54, 1.807) is 30.3 Å². The third-order valence-corrected chi connectivity index (χ3v) is 3.77. The molecule has 3 rings (SSSR count). The fourth-order valence-electron chi connectivity index (χ4n) is 2.84. The molecule has 0 aliphatic heterocycles. The number of benzene rings is 2. The highest BCUT2D eigenvalue weighted by molar-refractivity contribution is 6.23. The van der Waals surface area contributed by atoms with Crippen LogP contribution in [0.3, 0.4) is 0 Å². The van der Waals surface area contributed by atoms with Crippen molar-refractivity contribution in [3.8, 4) is 16.9 Å². The van der Waals surface area contributed by atoms with Gasteiger partial charge in [-0.25, -0.2) is 0 Å². The molecule has 0 fully saturated rings. The Labute approximate surface area is 138 Å². The van der Waals surface area contributed by atoms with E-state index in [9.17, 15) is 14.4 Å². The number of amides is 2. The summed E-state index contributed by atoms with van der Waals surface area (Å²) < 4.78 is 5.27. The van der Waals surface area contributed by atoms with Crippen molar-refractivity contribution in [3.05, 3.63) is 41.5 Å². The smallest absolute Gasteiger partial charge is 0.221 e. The summed E-state index contributed by atoms with van der Waals surface area (Å²) in [7, 11) is 1.48. The molecule has 1 aliphatic rings. The van der Waals surface area contributed by atoms with Crippen LogP contribution in [0.4, 0.5) is 11.4 Å². The summed E-state index contributed by atoms with van der Waals surface area (Å²) >= 11 is 0.